The van der Waals surface area contributed by atoms with Crippen molar-refractivity contribution in [1.82, 2.24) is 5.32 Å². The van der Waals surface area contributed by atoms with Crippen LogP contribution < -0.4 is 5.32 Å². The minimum absolute atomic E-state index is 0.0194. The van der Waals surface area contributed by atoms with Crippen LogP contribution in [0.4, 0.5) is 0 Å². The molecule has 0 bridgehead atoms. The lowest BCUT2D eigenvalue weighted by atomic mass is 10.3. The molecule has 0 unspecified atom stereocenters. The van der Waals surface area contributed by atoms with Crippen molar-refractivity contribution in [3.05, 3.63) is 43.8 Å². The highest BCUT2D eigenvalue weighted by Gasteiger charge is 2.08. The molecule has 0 aliphatic rings. The van der Waals surface area contributed by atoms with Crippen LogP contribution in [0.15, 0.2) is 23.6 Å². The van der Waals surface area contributed by atoms with Crippen LogP contribution in [0.25, 0.3) is 0 Å². The third-order valence-corrected chi connectivity index (χ3v) is 4.36. The quantitative estimate of drug-likeness (QED) is 0.890. The van der Waals surface area contributed by atoms with Gasteiger partial charge in [0.25, 0.3) is 5.91 Å². The Hall–Kier alpha value is -1.13. The fourth-order valence-electron chi connectivity index (χ4n) is 1.39. The van der Waals surface area contributed by atoms with Crippen LogP contribution in [0.2, 0.25) is 0 Å². The number of carbonyl (C=O) groups excluding carboxylic acids is 1. The second-order valence-corrected chi connectivity index (χ2v) is 5.91. The van der Waals surface area contributed by atoms with Crippen molar-refractivity contribution < 1.29 is 4.79 Å². The molecule has 2 nitrogen and oxygen atoms in total. The SMILES string of the molecule is Cc1ccc(C(=O)NCc2sccc2C)s1. The first-order valence-electron chi connectivity index (χ1n) is 5.04. The molecule has 0 fully saturated rings. The summed E-state index contributed by atoms with van der Waals surface area (Å²) in [6.07, 6.45) is 0. The summed E-state index contributed by atoms with van der Waals surface area (Å²) in [5.41, 5.74) is 1.24. The highest BCUT2D eigenvalue weighted by molar-refractivity contribution is 7.14. The topological polar surface area (TPSA) is 29.1 Å². The fraction of sp³-hybridized carbons (Fsp3) is 0.250. The summed E-state index contributed by atoms with van der Waals surface area (Å²) in [6, 6.07) is 5.91. The van der Waals surface area contributed by atoms with Crippen molar-refractivity contribution in [3.8, 4) is 0 Å². The summed E-state index contributed by atoms with van der Waals surface area (Å²) in [5.74, 6) is 0.0194. The summed E-state index contributed by atoms with van der Waals surface area (Å²) in [5, 5.41) is 4.99. The van der Waals surface area contributed by atoms with Gasteiger partial charge in [0.1, 0.15) is 0 Å². The molecular formula is C12H13NOS2. The lowest BCUT2D eigenvalue weighted by Gasteiger charge is -2.02. The molecule has 0 aliphatic heterocycles. The van der Waals surface area contributed by atoms with E-state index < -0.39 is 0 Å². The molecule has 2 heterocycles. The normalized spacial score (nSPS) is 10.4. The first-order valence-corrected chi connectivity index (χ1v) is 6.74. The van der Waals surface area contributed by atoms with Crippen molar-refractivity contribution in [2.24, 2.45) is 0 Å². The summed E-state index contributed by atoms with van der Waals surface area (Å²) in [6.45, 7) is 4.69. The molecule has 1 amide bonds. The number of hydrogen-bond donors (Lipinski definition) is 1. The molecule has 1 N–H and O–H groups in total. The van der Waals surface area contributed by atoms with Crippen LogP contribution in [-0.4, -0.2) is 5.91 Å². The summed E-state index contributed by atoms with van der Waals surface area (Å²) < 4.78 is 0. The summed E-state index contributed by atoms with van der Waals surface area (Å²) in [4.78, 5) is 14.9. The van der Waals surface area contributed by atoms with Crippen LogP contribution >= 0.6 is 22.7 Å². The number of nitrogens with one attached hydrogen (secondary N) is 1. The number of aryl methyl sites for hydroxylation is 2. The Bertz CT molecular complexity index is 499. The molecule has 0 saturated carbocycles. The minimum atomic E-state index is 0.0194. The van der Waals surface area contributed by atoms with Gasteiger partial charge in [-0.3, -0.25) is 4.79 Å². The van der Waals surface area contributed by atoms with E-state index in [2.05, 4.69) is 18.3 Å². The van der Waals surface area contributed by atoms with Gasteiger partial charge in [0.2, 0.25) is 0 Å². The smallest absolute Gasteiger partial charge is 0.261 e. The van der Waals surface area contributed by atoms with Gasteiger partial charge in [-0.15, -0.1) is 22.7 Å². The Balaban J connectivity index is 1.96. The van der Waals surface area contributed by atoms with Crippen molar-refractivity contribution in [1.29, 1.82) is 0 Å². The minimum Gasteiger partial charge on any atom is -0.346 e. The van der Waals surface area contributed by atoms with E-state index in [1.165, 1.54) is 21.8 Å². The zero-order valence-electron chi connectivity index (χ0n) is 9.24. The van der Waals surface area contributed by atoms with E-state index >= 15 is 0 Å². The van der Waals surface area contributed by atoms with E-state index in [1.807, 2.05) is 24.4 Å². The molecular weight excluding hydrogens is 238 g/mol. The largest absolute Gasteiger partial charge is 0.346 e. The van der Waals surface area contributed by atoms with E-state index in [4.69, 9.17) is 0 Å². The highest BCUT2D eigenvalue weighted by Crippen LogP contribution is 2.17. The molecule has 4 heteroatoms. The fourth-order valence-corrected chi connectivity index (χ4v) is 3.02. The first-order chi connectivity index (χ1) is 7.66. The third-order valence-electron chi connectivity index (χ3n) is 2.34. The van der Waals surface area contributed by atoms with Gasteiger partial charge in [0.15, 0.2) is 0 Å². The van der Waals surface area contributed by atoms with Crippen LogP contribution in [0.1, 0.15) is 25.0 Å². The van der Waals surface area contributed by atoms with Crippen LogP contribution in [-0.2, 0) is 6.54 Å². The van der Waals surface area contributed by atoms with Crippen molar-refractivity contribution in [2.45, 2.75) is 20.4 Å². The molecule has 16 heavy (non-hydrogen) atoms. The van der Waals surface area contributed by atoms with Gasteiger partial charge in [0, 0.05) is 9.75 Å². The van der Waals surface area contributed by atoms with E-state index in [9.17, 15) is 4.79 Å². The first kappa shape index (κ1) is 11.4. The molecule has 0 radical (unpaired) electrons. The predicted molar refractivity (Wildman–Crippen MR) is 69.3 cm³/mol. The molecule has 0 atom stereocenters. The van der Waals surface area contributed by atoms with E-state index in [-0.39, 0.29) is 5.91 Å². The molecule has 2 rings (SSSR count). The van der Waals surface area contributed by atoms with Gasteiger partial charge in [-0.05, 0) is 43.0 Å². The second kappa shape index (κ2) is 4.80. The van der Waals surface area contributed by atoms with Gasteiger partial charge >= 0.3 is 0 Å². The van der Waals surface area contributed by atoms with E-state index in [1.54, 1.807) is 11.3 Å². The van der Waals surface area contributed by atoms with Crippen LogP contribution in [0, 0.1) is 13.8 Å². The zero-order chi connectivity index (χ0) is 11.5. The lowest BCUT2D eigenvalue weighted by Crippen LogP contribution is -2.21. The number of hydrogen-bond acceptors (Lipinski definition) is 3. The predicted octanol–water partition coefficient (Wildman–Crippen LogP) is 3.36. The number of rotatable bonds is 3. The van der Waals surface area contributed by atoms with Gasteiger partial charge in [-0.2, -0.15) is 0 Å². The zero-order valence-corrected chi connectivity index (χ0v) is 10.9. The van der Waals surface area contributed by atoms with Crippen molar-refractivity contribution in [3.63, 3.8) is 0 Å². The summed E-state index contributed by atoms with van der Waals surface area (Å²) >= 11 is 3.21. The van der Waals surface area contributed by atoms with Crippen LogP contribution in [0.5, 0.6) is 0 Å². The average molecular weight is 251 g/mol. The van der Waals surface area contributed by atoms with Crippen LogP contribution in [0.3, 0.4) is 0 Å². The Morgan fingerprint density at radius 1 is 1.31 bits per heavy atom. The highest BCUT2D eigenvalue weighted by atomic mass is 32.1. The number of amides is 1. The molecule has 0 spiro atoms. The second-order valence-electron chi connectivity index (χ2n) is 3.62. The third kappa shape index (κ3) is 2.51. The maximum Gasteiger partial charge on any atom is 0.261 e. The maximum absolute atomic E-state index is 11.8. The standard InChI is InChI=1S/C12H13NOS2/c1-8-5-6-15-11(8)7-13-12(14)10-4-3-9(2)16-10/h3-6H,7H2,1-2H3,(H,13,14). The number of thiophene rings is 2. The average Bonchev–Trinajstić information content (AvgIpc) is 2.84. The van der Waals surface area contributed by atoms with Gasteiger partial charge < -0.3 is 5.32 Å². The molecule has 2 aromatic heterocycles. The van der Waals surface area contributed by atoms with Gasteiger partial charge in [-0.25, -0.2) is 0 Å². The lowest BCUT2D eigenvalue weighted by molar-refractivity contribution is 0.0955. The van der Waals surface area contributed by atoms with E-state index in [0.717, 1.165) is 9.75 Å². The molecule has 2 aromatic rings. The molecule has 0 aromatic carbocycles. The molecule has 0 aliphatic carbocycles. The van der Waals surface area contributed by atoms with Crippen molar-refractivity contribution >= 4 is 28.6 Å². The molecule has 84 valence electrons. The van der Waals surface area contributed by atoms with Crippen molar-refractivity contribution in [2.75, 3.05) is 0 Å². The number of carbonyl (C=O) groups is 1. The van der Waals surface area contributed by atoms with E-state index in [0.29, 0.717) is 6.54 Å². The monoisotopic (exact) mass is 251 g/mol. The Morgan fingerprint density at radius 2 is 2.12 bits per heavy atom. The summed E-state index contributed by atoms with van der Waals surface area (Å²) in [7, 11) is 0. The Labute approximate surface area is 103 Å². The Morgan fingerprint density at radius 3 is 2.69 bits per heavy atom. The van der Waals surface area contributed by atoms with Gasteiger partial charge in [-0.1, -0.05) is 0 Å². The Kier molecular flexibility index (Phi) is 3.41. The van der Waals surface area contributed by atoms with Gasteiger partial charge in [0.05, 0.1) is 11.4 Å². The maximum atomic E-state index is 11.8. The molecule has 0 saturated heterocycles.